The van der Waals surface area contributed by atoms with E-state index in [1.807, 2.05) is 26.0 Å². The second-order valence-corrected chi connectivity index (χ2v) is 6.39. The number of nitrogens with one attached hydrogen (secondary N) is 1. The molecule has 0 fully saturated rings. The lowest BCUT2D eigenvalue weighted by Gasteiger charge is -2.22. The maximum absolute atomic E-state index is 12.8. The fraction of sp³-hybridized carbons (Fsp3) is 0.375. The summed E-state index contributed by atoms with van der Waals surface area (Å²) >= 11 is 7.43. The molecule has 1 amide bonds. The van der Waals surface area contributed by atoms with Gasteiger partial charge in [-0.2, -0.15) is 0 Å². The van der Waals surface area contributed by atoms with E-state index in [0.29, 0.717) is 23.0 Å². The van der Waals surface area contributed by atoms with E-state index in [1.165, 1.54) is 11.3 Å². The number of anilines is 1. The van der Waals surface area contributed by atoms with E-state index < -0.39 is 0 Å². The first-order chi connectivity index (χ1) is 11.0. The molecule has 124 valence electrons. The molecule has 0 atom stereocenters. The second kappa shape index (κ2) is 7.66. The zero-order valence-electron chi connectivity index (χ0n) is 13.6. The summed E-state index contributed by atoms with van der Waals surface area (Å²) in [6.07, 6.45) is 0. The standard InChI is InChI=1S/C16H20ClN3O2S/c1-5-20(9-11-8-12(17)6-7-13(11)22-4)15(21)14-10(2)19-16(18-3)23-14/h6-8H,5,9H2,1-4H3,(H,18,19). The summed E-state index contributed by atoms with van der Waals surface area (Å²) in [7, 11) is 3.40. The quantitative estimate of drug-likeness (QED) is 0.857. The molecule has 1 aromatic carbocycles. The van der Waals surface area contributed by atoms with Crippen LogP contribution < -0.4 is 10.1 Å². The van der Waals surface area contributed by atoms with Gasteiger partial charge in [-0.25, -0.2) is 4.98 Å². The molecule has 23 heavy (non-hydrogen) atoms. The van der Waals surface area contributed by atoms with Gasteiger partial charge in [-0.3, -0.25) is 4.79 Å². The fourth-order valence-electron chi connectivity index (χ4n) is 2.25. The average Bonchev–Trinajstić information content (AvgIpc) is 2.93. The van der Waals surface area contributed by atoms with Gasteiger partial charge < -0.3 is 15.0 Å². The minimum absolute atomic E-state index is 0.0361. The third kappa shape index (κ3) is 3.95. The zero-order chi connectivity index (χ0) is 17.0. The number of ether oxygens (including phenoxy) is 1. The van der Waals surface area contributed by atoms with Crippen LogP contribution >= 0.6 is 22.9 Å². The highest BCUT2D eigenvalue weighted by molar-refractivity contribution is 7.17. The molecule has 7 heteroatoms. The molecule has 1 heterocycles. The van der Waals surface area contributed by atoms with Crippen molar-refractivity contribution in [1.82, 2.24) is 9.88 Å². The molecule has 0 spiro atoms. The normalized spacial score (nSPS) is 10.5. The van der Waals surface area contributed by atoms with Crippen molar-refractivity contribution < 1.29 is 9.53 Å². The largest absolute Gasteiger partial charge is 0.496 e. The minimum Gasteiger partial charge on any atom is -0.496 e. The molecule has 1 N–H and O–H groups in total. The highest BCUT2D eigenvalue weighted by Gasteiger charge is 2.21. The first-order valence-electron chi connectivity index (χ1n) is 7.27. The summed E-state index contributed by atoms with van der Waals surface area (Å²) < 4.78 is 5.36. The van der Waals surface area contributed by atoms with Gasteiger partial charge in [-0.15, -0.1) is 0 Å². The summed E-state index contributed by atoms with van der Waals surface area (Å²) in [5.74, 6) is 0.684. The lowest BCUT2D eigenvalue weighted by molar-refractivity contribution is 0.0755. The first kappa shape index (κ1) is 17.6. The number of aryl methyl sites for hydroxylation is 1. The van der Waals surface area contributed by atoms with E-state index in [9.17, 15) is 4.79 Å². The number of amides is 1. The van der Waals surface area contributed by atoms with Crippen molar-refractivity contribution in [2.45, 2.75) is 20.4 Å². The van der Waals surface area contributed by atoms with Crippen LogP contribution in [0.4, 0.5) is 5.13 Å². The monoisotopic (exact) mass is 353 g/mol. The Bertz CT molecular complexity index is 703. The Balaban J connectivity index is 2.27. The highest BCUT2D eigenvalue weighted by atomic mass is 35.5. The van der Waals surface area contributed by atoms with Crippen molar-refractivity contribution in [3.8, 4) is 5.75 Å². The zero-order valence-corrected chi connectivity index (χ0v) is 15.2. The van der Waals surface area contributed by atoms with Crippen molar-refractivity contribution in [3.05, 3.63) is 39.4 Å². The van der Waals surface area contributed by atoms with Crippen LogP contribution in [0.2, 0.25) is 5.02 Å². The van der Waals surface area contributed by atoms with Crippen LogP contribution in [0.25, 0.3) is 0 Å². The third-order valence-electron chi connectivity index (χ3n) is 3.48. The van der Waals surface area contributed by atoms with Crippen LogP contribution in [-0.2, 0) is 6.54 Å². The molecular weight excluding hydrogens is 334 g/mol. The van der Waals surface area contributed by atoms with Crippen LogP contribution in [0.15, 0.2) is 18.2 Å². The van der Waals surface area contributed by atoms with Gasteiger partial charge in [0.25, 0.3) is 5.91 Å². The van der Waals surface area contributed by atoms with E-state index in [-0.39, 0.29) is 5.91 Å². The molecule has 5 nitrogen and oxygen atoms in total. The first-order valence-corrected chi connectivity index (χ1v) is 8.46. The smallest absolute Gasteiger partial charge is 0.266 e. The summed E-state index contributed by atoms with van der Waals surface area (Å²) in [6, 6.07) is 5.41. The van der Waals surface area contributed by atoms with Gasteiger partial charge >= 0.3 is 0 Å². The lowest BCUT2D eigenvalue weighted by atomic mass is 10.1. The SMILES string of the molecule is CCN(Cc1cc(Cl)ccc1OC)C(=O)c1sc(NC)nc1C. The third-order valence-corrected chi connectivity index (χ3v) is 4.88. The van der Waals surface area contributed by atoms with Crippen LogP contribution in [-0.4, -0.2) is 36.5 Å². The Morgan fingerprint density at radius 2 is 2.22 bits per heavy atom. The van der Waals surface area contributed by atoms with E-state index in [4.69, 9.17) is 16.3 Å². The van der Waals surface area contributed by atoms with E-state index in [1.54, 1.807) is 25.1 Å². The van der Waals surface area contributed by atoms with E-state index >= 15 is 0 Å². The van der Waals surface area contributed by atoms with Gasteiger partial charge in [0, 0.05) is 30.7 Å². The molecule has 0 unspecified atom stereocenters. The number of benzene rings is 1. The molecule has 0 aliphatic carbocycles. The number of carbonyl (C=O) groups is 1. The maximum atomic E-state index is 12.8. The topological polar surface area (TPSA) is 54.5 Å². The molecule has 0 saturated heterocycles. The minimum atomic E-state index is -0.0361. The van der Waals surface area contributed by atoms with Crippen molar-refractivity contribution in [3.63, 3.8) is 0 Å². The number of halogens is 1. The fourth-order valence-corrected chi connectivity index (χ4v) is 3.33. The van der Waals surface area contributed by atoms with Gasteiger partial charge in [0.2, 0.25) is 0 Å². The Kier molecular flexibility index (Phi) is 5.85. The predicted octanol–water partition coefficient (Wildman–Crippen LogP) is 3.82. The van der Waals surface area contributed by atoms with Gasteiger partial charge in [0.1, 0.15) is 10.6 Å². The molecule has 0 aliphatic heterocycles. The Morgan fingerprint density at radius 3 is 2.78 bits per heavy atom. The van der Waals surface area contributed by atoms with Crippen molar-refractivity contribution in [2.75, 3.05) is 26.0 Å². The molecule has 2 aromatic rings. The van der Waals surface area contributed by atoms with Gasteiger partial charge in [-0.1, -0.05) is 22.9 Å². The highest BCUT2D eigenvalue weighted by Crippen LogP contribution is 2.27. The number of carbonyl (C=O) groups excluding carboxylic acids is 1. The lowest BCUT2D eigenvalue weighted by Crippen LogP contribution is -2.30. The number of aromatic nitrogens is 1. The Morgan fingerprint density at radius 1 is 1.48 bits per heavy atom. The van der Waals surface area contributed by atoms with Crippen LogP contribution in [0, 0.1) is 6.92 Å². The summed E-state index contributed by atoms with van der Waals surface area (Å²) in [5.41, 5.74) is 1.62. The maximum Gasteiger partial charge on any atom is 0.266 e. The van der Waals surface area contributed by atoms with E-state index in [2.05, 4.69) is 10.3 Å². The Hall–Kier alpha value is -1.79. The van der Waals surface area contributed by atoms with Crippen molar-refractivity contribution in [2.24, 2.45) is 0 Å². The van der Waals surface area contributed by atoms with Crippen molar-refractivity contribution >= 4 is 34.0 Å². The molecule has 0 aliphatic rings. The van der Waals surface area contributed by atoms with E-state index in [0.717, 1.165) is 22.1 Å². The number of methoxy groups -OCH3 is 1. The molecule has 1 aromatic heterocycles. The number of hydrogen-bond acceptors (Lipinski definition) is 5. The molecule has 0 bridgehead atoms. The predicted molar refractivity (Wildman–Crippen MR) is 94.8 cm³/mol. The molecule has 0 saturated carbocycles. The molecule has 0 radical (unpaired) electrons. The van der Waals surface area contributed by atoms with Crippen LogP contribution in [0.5, 0.6) is 5.75 Å². The number of nitrogens with zero attached hydrogens (tertiary/aromatic N) is 2. The van der Waals surface area contributed by atoms with Gasteiger partial charge in [0.05, 0.1) is 12.8 Å². The average molecular weight is 354 g/mol. The second-order valence-electron chi connectivity index (χ2n) is 4.96. The van der Waals surface area contributed by atoms with Crippen molar-refractivity contribution in [1.29, 1.82) is 0 Å². The van der Waals surface area contributed by atoms with Gasteiger partial charge in [-0.05, 0) is 32.0 Å². The summed E-state index contributed by atoms with van der Waals surface area (Å²) in [5, 5.41) is 4.33. The number of rotatable bonds is 6. The number of thiazole rings is 1. The summed E-state index contributed by atoms with van der Waals surface area (Å²) in [4.78, 5) is 19.6. The van der Waals surface area contributed by atoms with Crippen LogP contribution in [0.1, 0.15) is 27.9 Å². The van der Waals surface area contributed by atoms with Gasteiger partial charge in [0.15, 0.2) is 5.13 Å². The molecular formula is C16H20ClN3O2S. The Labute approximate surface area is 145 Å². The van der Waals surface area contributed by atoms with Crippen LogP contribution in [0.3, 0.4) is 0 Å². The summed E-state index contributed by atoms with van der Waals surface area (Å²) in [6.45, 7) is 4.81. The molecule has 2 rings (SSSR count). The number of hydrogen-bond donors (Lipinski definition) is 1.